The second kappa shape index (κ2) is 10.3. The fraction of sp³-hybridized carbons (Fsp3) is 0.231. The van der Waals surface area contributed by atoms with Gasteiger partial charge >= 0.3 is 0 Å². The van der Waals surface area contributed by atoms with Crippen molar-refractivity contribution >= 4 is 34.8 Å². The molecule has 2 amide bonds. The molecule has 1 aliphatic rings. The number of amides is 2. The molecular formula is C26H26N2O3S. The van der Waals surface area contributed by atoms with Gasteiger partial charge in [-0.05, 0) is 40.8 Å². The number of hydrogen-bond donors (Lipinski definition) is 0. The summed E-state index contributed by atoms with van der Waals surface area (Å²) in [5.74, 6) is 0.806. The monoisotopic (exact) mass is 446 g/mol. The highest BCUT2D eigenvalue weighted by Crippen LogP contribution is 2.27. The minimum atomic E-state index is -0.00809. The highest BCUT2D eigenvalue weighted by Gasteiger charge is 2.25. The molecule has 0 unspecified atom stereocenters. The summed E-state index contributed by atoms with van der Waals surface area (Å²) in [6.07, 6.45) is 1.93. The minimum Gasteiger partial charge on any atom is -0.489 e. The molecule has 2 heterocycles. The van der Waals surface area contributed by atoms with E-state index in [0.717, 1.165) is 21.8 Å². The third-order valence-electron chi connectivity index (χ3n) is 5.45. The van der Waals surface area contributed by atoms with Gasteiger partial charge in [0.1, 0.15) is 12.4 Å². The number of rotatable bonds is 6. The van der Waals surface area contributed by atoms with E-state index in [1.807, 2.05) is 83.1 Å². The Morgan fingerprint density at radius 3 is 2.38 bits per heavy atom. The summed E-state index contributed by atoms with van der Waals surface area (Å²) in [4.78, 5) is 29.6. The molecule has 1 saturated heterocycles. The molecule has 0 bridgehead atoms. The Hall–Kier alpha value is -3.38. The van der Waals surface area contributed by atoms with E-state index in [2.05, 4.69) is 0 Å². The molecule has 0 radical (unpaired) electrons. The summed E-state index contributed by atoms with van der Waals surface area (Å²) in [7, 11) is 0. The molecule has 0 spiro atoms. The van der Waals surface area contributed by atoms with Crippen molar-refractivity contribution in [2.45, 2.75) is 13.5 Å². The van der Waals surface area contributed by atoms with E-state index in [0.29, 0.717) is 38.4 Å². The minimum absolute atomic E-state index is 0.00809. The van der Waals surface area contributed by atoms with E-state index in [-0.39, 0.29) is 11.8 Å². The van der Waals surface area contributed by atoms with Crippen LogP contribution in [0.5, 0.6) is 5.75 Å². The average Bonchev–Trinajstić information content (AvgIpc) is 3.36. The normalized spacial score (nSPS) is 14.3. The van der Waals surface area contributed by atoms with Crippen molar-refractivity contribution in [3.63, 3.8) is 0 Å². The highest BCUT2D eigenvalue weighted by atomic mass is 32.1. The Labute approximate surface area is 192 Å². The first-order valence-electron chi connectivity index (χ1n) is 10.7. The smallest absolute Gasteiger partial charge is 0.255 e. The van der Waals surface area contributed by atoms with Crippen LogP contribution in [0.3, 0.4) is 0 Å². The first-order valence-corrected chi connectivity index (χ1v) is 11.6. The molecule has 1 aliphatic heterocycles. The summed E-state index contributed by atoms with van der Waals surface area (Å²) in [6, 6.07) is 21.7. The number of benzene rings is 2. The number of nitrogens with zero attached hydrogens (tertiary/aromatic N) is 2. The standard InChI is InChI=1S/C26H26N2O3S/c1-20(29)27-12-14-28(15-13-27)26(30)24(25-11-6-16-32-25)18-22-9-5-10-23(17-22)31-19-21-7-3-2-4-8-21/h2-11,16-18H,12-15,19H2,1H3/b24-18+. The van der Waals surface area contributed by atoms with Crippen LogP contribution in [0.15, 0.2) is 72.1 Å². The third-order valence-corrected chi connectivity index (χ3v) is 6.35. The second-order valence-electron chi connectivity index (χ2n) is 7.68. The van der Waals surface area contributed by atoms with Gasteiger partial charge in [0.05, 0.1) is 5.57 Å². The van der Waals surface area contributed by atoms with E-state index in [1.54, 1.807) is 23.2 Å². The van der Waals surface area contributed by atoms with E-state index < -0.39 is 0 Å². The maximum Gasteiger partial charge on any atom is 0.255 e. The van der Waals surface area contributed by atoms with Gasteiger partial charge in [-0.1, -0.05) is 48.5 Å². The van der Waals surface area contributed by atoms with Crippen molar-refractivity contribution in [3.8, 4) is 5.75 Å². The molecule has 1 fully saturated rings. The van der Waals surface area contributed by atoms with Crippen LogP contribution in [0.2, 0.25) is 0 Å². The Bertz CT molecular complexity index is 1090. The lowest BCUT2D eigenvalue weighted by Crippen LogP contribution is -2.50. The molecule has 0 atom stereocenters. The Morgan fingerprint density at radius 2 is 1.69 bits per heavy atom. The molecule has 6 heteroatoms. The number of thiophene rings is 1. The topological polar surface area (TPSA) is 49.9 Å². The fourth-order valence-corrected chi connectivity index (χ4v) is 4.40. The van der Waals surface area contributed by atoms with Crippen molar-refractivity contribution in [2.75, 3.05) is 26.2 Å². The average molecular weight is 447 g/mol. The van der Waals surface area contributed by atoms with Crippen LogP contribution < -0.4 is 4.74 Å². The maximum atomic E-state index is 13.4. The van der Waals surface area contributed by atoms with Gasteiger partial charge in [-0.3, -0.25) is 9.59 Å². The summed E-state index contributed by atoms with van der Waals surface area (Å²) in [5.41, 5.74) is 2.68. The van der Waals surface area contributed by atoms with Crippen molar-refractivity contribution in [3.05, 3.63) is 88.1 Å². The van der Waals surface area contributed by atoms with Gasteiger partial charge < -0.3 is 14.5 Å². The molecular weight excluding hydrogens is 420 g/mol. The quantitative estimate of drug-likeness (QED) is 0.522. The summed E-state index contributed by atoms with van der Waals surface area (Å²) in [6.45, 7) is 4.29. The Balaban J connectivity index is 1.53. The van der Waals surface area contributed by atoms with E-state index in [1.165, 1.54) is 0 Å². The zero-order valence-corrected chi connectivity index (χ0v) is 18.9. The molecule has 2 aromatic carbocycles. The molecule has 1 aromatic heterocycles. The van der Waals surface area contributed by atoms with Gasteiger partial charge in [0.15, 0.2) is 0 Å². The fourth-order valence-electron chi connectivity index (χ4n) is 3.67. The zero-order valence-electron chi connectivity index (χ0n) is 18.1. The number of carbonyl (C=O) groups excluding carboxylic acids is 2. The zero-order chi connectivity index (χ0) is 22.3. The molecule has 164 valence electrons. The molecule has 0 saturated carbocycles. The van der Waals surface area contributed by atoms with Crippen molar-refractivity contribution < 1.29 is 14.3 Å². The lowest BCUT2D eigenvalue weighted by atomic mass is 10.1. The first-order chi connectivity index (χ1) is 15.6. The van der Waals surface area contributed by atoms with Gasteiger partial charge in [0, 0.05) is 38.0 Å². The number of piperazine rings is 1. The van der Waals surface area contributed by atoms with Crippen LogP contribution in [0.25, 0.3) is 11.6 Å². The second-order valence-corrected chi connectivity index (χ2v) is 8.63. The summed E-state index contributed by atoms with van der Waals surface area (Å²) in [5, 5.41) is 1.98. The molecule has 32 heavy (non-hydrogen) atoms. The van der Waals surface area contributed by atoms with Gasteiger partial charge in [-0.25, -0.2) is 0 Å². The van der Waals surface area contributed by atoms with Crippen LogP contribution >= 0.6 is 11.3 Å². The Kier molecular flexibility index (Phi) is 7.02. The van der Waals surface area contributed by atoms with Crippen molar-refractivity contribution in [2.24, 2.45) is 0 Å². The highest BCUT2D eigenvalue weighted by molar-refractivity contribution is 7.11. The molecule has 4 rings (SSSR count). The largest absolute Gasteiger partial charge is 0.489 e. The predicted molar refractivity (Wildman–Crippen MR) is 128 cm³/mol. The van der Waals surface area contributed by atoms with Crippen LogP contribution in [0, 0.1) is 0 Å². The van der Waals surface area contributed by atoms with Gasteiger partial charge in [0.2, 0.25) is 5.91 Å². The molecule has 0 N–H and O–H groups in total. The Morgan fingerprint density at radius 1 is 0.938 bits per heavy atom. The number of hydrogen-bond acceptors (Lipinski definition) is 4. The summed E-state index contributed by atoms with van der Waals surface area (Å²) < 4.78 is 5.96. The lowest BCUT2D eigenvalue weighted by Gasteiger charge is -2.34. The van der Waals surface area contributed by atoms with Crippen LogP contribution in [-0.2, 0) is 16.2 Å². The van der Waals surface area contributed by atoms with Gasteiger partial charge in [0.25, 0.3) is 5.91 Å². The maximum absolute atomic E-state index is 13.4. The number of ether oxygens (including phenoxy) is 1. The predicted octanol–water partition coefficient (Wildman–Crippen LogP) is 4.56. The van der Waals surface area contributed by atoms with E-state index in [9.17, 15) is 9.59 Å². The SMILES string of the molecule is CC(=O)N1CCN(C(=O)/C(=C/c2cccc(OCc3ccccc3)c2)c2cccs2)CC1. The van der Waals surface area contributed by atoms with Gasteiger partial charge in [-0.15, -0.1) is 11.3 Å². The summed E-state index contributed by atoms with van der Waals surface area (Å²) >= 11 is 1.55. The first kappa shape index (κ1) is 21.8. The molecule has 3 aromatic rings. The number of carbonyl (C=O) groups is 2. The van der Waals surface area contributed by atoms with Crippen LogP contribution in [0.4, 0.5) is 0 Å². The van der Waals surface area contributed by atoms with Crippen LogP contribution in [0.1, 0.15) is 22.9 Å². The lowest BCUT2D eigenvalue weighted by molar-refractivity contribution is -0.135. The molecule has 0 aliphatic carbocycles. The van der Waals surface area contributed by atoms with Crippen LogP contribution in [-0.4, -0.2) is 47.8 Å². The van der Waals surface area contributed by atoms with E-state index in [4.69, 9.17) is 4.74 Å². The van der Waals surface area contributed by atoms with Crippen molar-refractivity contribution in [1.29, 1.82) is 0 Å². The molecule has 5 nitrogen and oxygen atoms in total. The van der Waals surface area contributed by atoms with Crippen molar-refractivity contribution in [1.82, 2.24) is 9.80 Å². The third kappa shape index (κ3) is 5.45. The van der Waals surface area contributed by atoms with Gasteiger partial charge in [-0.2, -0.15) is 0 Å². The van der Waals surface area contributed by atoms with E-state index >= 15 is 0 Å².